The van der Waals surface area contributed by atoms with E-state index in [4.69, 9.17) is 0 Å². The molecule has 1 heterocycles. The predicted molar refractivity (Wildman–Crippen MR) is 60.8 cm³/mol. The Morgan fingerprint density at radius 2 is 2.38 bits per heavy atom. The molecule has 0 fully saturated rings. The Bertz CT molecular complexity index is 236. The van der Waals surface area contributed by atoms with Crippen molar-refractivity contribution >= 4 is 22.6 Å². The molecule has 0 bridgehead atoms. The standard InChI is InChI=1S/C8H15IN4/c1-13-7-8(11-12-13)6-10-5-3-2-4-9/h7,10H,2-6H2,1H3. The lowest BCUT2D eigenvalue weighted by atomic mass is 10.3. The number of aryl methyl sites for hydroxylation is 1. The smallest absolute Gasteiger partial charge is 0.0964 e. The largest absolute Gasteiger partial charge is 0.311 e. The molecule has 0 saturated heterocycles. The normalized spacial score (nSPS) is 10.6. The van der Waals surface area contributed by atoms with E-state index < -0.39 is 0 Å². The summed E-state index contributed by atoms with van der Waals surface area (Å²) in [4.78, 5) is 0. The number of unbranched alkanes of at least 4 members (excludes halogenated alkanes) is 1. The first-order valence-corrected chi connectivity index (χ1v) is 5.97. The average Bonchev–Trinajstić information content (AvgIpc) is 2.51. The minimum absolute atomic E-state index is 0.828. The summed E-state index contributed by atoms with van der Waals surface area (Å²) < 4.78 is 2.96. The molecule has 5 heteroatoms. The Morgan fingerprint density at radius 1 is 1.54 bits per heavy atom. The molecule has 0 atom stereocenters. The molecule has 0 aliphatic carbocycles. The Labute approximate surface area is 92.2 Å². The first kappa shape index (κ1) is 10.9. The topological polar surface area (TPSA) is 42.7 Å². The summed E-state index contributed by atoms with van der Waals surface area (Å²) >= 11 is 2.40. The third-order valence-electron chi connectivity index (χ3n) is 1.69. The maximum Gasteiger partial charge on any atom is 0.0964 e. The van der Waals surface area contributed by atoms with Crippen molar-refractivity contribution in [2.75, 3.05) is 11.0 Å². The van der Waals surface area contributed by atoms with Gasteiger partial charge in [0.15, 0.2) is 0 Å². The molecule has 1 rings (SSSR count). The molecule has 0 saturated carbocycles. The van der Waals surface area contributed by atoms with Crippen LogP contribution in [0.15, 0.2) is 6.20 Å². The zero-order chi connectivity index (χ0) is 9.52. The van der Waals surface area contributed by atoms with Crippen LogP contribution in [0.4, 0.5) is 0 Å². The van der Waals surface area contributed by atoms with Crippen molar-refractivity contribution < 1.29 is 0 Å². The Balaban J connectivity index is 2.06. The zero-order valence-corrected chi connectivity index (χ0v) is 9.99. The quantitative estimate of drug-likeness (QED) is 0.486. The second kappa shape index (κ2) is 6.31. The van der Waals surface area contributed by atoms with E-state index in [2.05, 4.69) is 38.2 Å². The lowest BCUT2D eigenvalue weighted by Gasteiger charge is -1.99. The van der Waals surface area contributed by atoms with Gasteiger partial charge in [-0.1, -0.05) is 27.8 Å². The van der Waals surface area contributed by atoms with Crippen molar-refractivity contribution in [3.05, 3.63) is 11.9 Å². The summed E-state index contributed by atoms with van der Waals surface area (Å²) in [5, 5.41) is 11.2. The monoisotopic (exact) mass is 294 g/mol. The van der Waals surface area contributed by atoms with Gasteiger partial charge in [-0.15, -0.1) is 5.10 Å². The molecule has 0 aliphatic rings. The number of rotatable bonds is 6. The number of halogens is 1. The first-order valence-electron chi connectivity index (χ1n) is 4.45. The van der Waals surface area contributed by atoms with E-state index in [9.17, 15) is 0 Å². The van der Waals surface area contributed by atoms with Crippen molar-refractivity contribution in [1.29, 1.82) is 0 Å². The maximum atomic E-state index is 3.98. The van der Waals surface area contributed by atoms with Crippen LogP contribution < -0.4 is 5.32 Å². The fourth-order valence-corrected chi connectivity index (χ4v) is 1.58. The van der Waals surface area contributed by atoms with E-state index in [0.29, 0.717) is 0 Å². The van der Waals surface area contributed by atoms with Crippen molar-refractivity contribution in [2.45, 2.75) is 19.4 Å². The molecule has 0 aromatic carbocycles. The molecule has 0 amide bonds. The van der Waals surface area contributed by atoms with Crippen molar-refractivity contribution in [3.63, 3.8) is 0 Å². The van der Waals surface area contributed by atoms with Gasteiger partial charge in [-0.05, 0) is 23.8 Å². The lowest BCUT2D eigenvalue weighted by molar-refractivity contribution is 0.635. The second-order valence-electron chi connectivity index (χ2n) is 2.96. The van der Waals surface area contributed by atoms with Gasteiger partial charge in [0.1, 0.15) is 0 Å². The number of nitrogens with zero attached hydrogens (tertiary/aromatic N) is 3. The Kier molecular flexibility index (Phi) is 5.29. The minimum Gasteiger partial charge on any atom is -0.311 e. The molecule has 1 N–H and O–H groups in total. The molecule has 13 heavy (non-hydrogen) atoms. The van der Waals surface area contributed by atoms with Crippen molar-refractivity contribution in [3.8, 4) is 0 Å². The van der Waals surface area contributed by atoms with Gasteiger partial charge in [0.25, 0.3) is 0 Å². The van der Waals surface area contributed by atoms with Crippen LogP contribution in [-0.2, 0) is 13.6 Å². The van der Waals surface area contributed by atoms with Gasteiger partial charge in [0.05, 0.1) is 5.69 Å². The molecule has 74 valence electrons. The predicted octanol–water partition coefficient (Wildman–Crippen LogP) is 1.12. The van der Waals surface area contributed by atoms with Gasteiger partial charge in [0.2, 0.25) is 0 Å². The van der Waals surface area contributed by atoms with Crippen LogP contribution in [0.5, 0.6) is 0 Å². The van der Waals surface area contributed by atoms with Crippen LogP contribution in [0.3, 0.4) is 0 Å². The van der Waals surface area contributed by atoms with Crippen LogP contribution in [-0.4, -0.2) is 26.0 Å². The average molecular weight is 294 g/mol. The molecule has 1 aromatic heterocycles. The van der Waals surface area contributed by atoms with Crippen LogP contribution >= 0.6 is 22.6 Å². The molecule has 0 aliphatic heterocycles. The second-order valence-corrected chi connectivity index (χ2v) is 4.04. The van der Waals surface area contributed by atoms with Gasteiger partial charge in [-0.2, -0.15) is 0 Å². The van der Waals surface area contributed by atoms with E-state index in [1.165, 1.54) is 17.3 Å². The minimum atomic E-state index is 0.828. The summed E-state index contributed by atoms with van der Waals surface area (Å²) in [5.74, 6) is 0. The van der Waals surface area contributed by atoms with Crippen LogP contribution in [0.25, 0.3) is 0 Å². The van der Waals surface area contributed by atoms with Gasteiger partial charge >= 0.3 is 0 Å². The number of alkyl halides is 1. The third-order valence-corrected chi connectivity index (χ3v) is 2.46. The zero-order valence-electron chi connectivity index (χ0n) is 7.83. The van der Waals surface area contributed by atoms with Gasteiger partial charge in [0, 0.05) is 19.8 Å². The summed E-state index contributed by atoms with van der Waals surface area (Å²) in [6, 6.07) is 0. The Hall–Kier alpha value is -0.170. The van der Waals surface area contributed by atoms with Gasteiger partial charge < -0.3 is 5.32 Å². The van der Waals surface area contributed by atoms with E-state index in [0.717, 1.165) is 18.8 Å². The molecule has 0 unspecified atom stereocenters. The molecular weight excluding hydrogens is 279 g/mol. The van der Waals surface area contributed by atoms with Crippen LogP contribution in [0.1, 0.15) is 18.5 Å². The number of nitrogens with one attached hydrogen (secondary N) is 1. The summed E-state index contributed by atoms with van der Waals surface area (Å²) in [7, 11) is 1.88. The van der Waals surface area contributed by atoms with Gasteiger partial charge in [-0.25, -0.2) is 0 Å². The van der Waals surface area contributed by atoms with E-state index in [-0.39, 0.29) is 0 Å². The number of hydrogen-bond acceptors (Lipinski definition) is 3. The highest BCUT2D eigenvalue weighted by Crippen LogP contribution is 1.94. The fraction of sp³-hybridized carbons (Fsp3) is 0.750. The maximum absolute atomic E-state index is 3.98. The summed E-state index contributed by atoms with van der Waals surface area (Å²) in [6.07, 6.45) is 4.46. The first-order chi connectivity index (χ1) is 6.33. The molecule has 1 aromatic rings. The summed E-state index contributed by atoms with van der Waals surface area (Å²) in [5.41, 5.74) is 1.01. The summed E-state index contributed by atoms with van der Waals surface area (Å²) in [6.45, 7) is 1.90. The molecule has 0 radical (unpaired) electrons. The van der Waals surface area contributed by atoms with Crippen molar-refractivity contribution in [1.82, 2.24) is 20.3 Å². The number of aromatic nitrogens is 3. The third kappa shape index (κ3) is 4.56. The van der Waals surface area contributed by atoms with E-state index in [1.807, 2.05) is 13.2 Å². The van der Waals surface area contributed by atoms with Gasteiger partial charge in [-0.3, -0.25) is 4.68 Å². The highest BCUT2D eigenvalue weighted by atomic mass is 127. The molecule has 4 nitrogen and oxygen atoms in total. The van der Waals surface area contributed by atoms with Crippen LogP contribution in [0.2, 0.25) is 0 Å². The highest BCUT2D eigenvalue weighted by Gasteiger charge is 1.96. The fourth-order valence-electron chi connectivity index (χ4n) is 1.04. The molecule has 0 spiro atoms. The van der Waals surface area contributed by atoms with Crippen LogP contribution in [0, 0.1) is 0 Å². The SMILES string of the molecule is Cn1cc(CNCCCCI)nn1. The van der Waals surface area contributed by atoms with Crippen molar-refractivity contribution in [2.24, 2.45) is 7.05 Å². The molecular formula is C8H15IN4. The van der Waals surface area contributed by atoms with E-state index in [1.54, 1.807) is 4.68 Å². The number of hydrogen-bond donors (Lipinski definition) is 1. The highest BCUT2D eigenvalue weighted by molar-refractivity contribution is 14.1. The Morgan fingerprint density at radius 3 is 3.00 bits per heavy atom. The lowest BCUT2D eigenvalue weighted by Crippen LogP contribution is -2.14. The van der Waals surface area contributed by atoms with E-state index >= 15 is 0 Å².